The van der Waals surface area contributed by atoms with Gasteiger partial charge < -0.3 is 20.5 Å². The number of urea groups is 1. The van der Waals surface area contributed by atoms with Crippen LogP contribution >= 0.6 is 11.8 Å². The summed E-state index contributed by atoms with van der Waals surface area (Å²) in [4.78, 5) is 22.2. The third kappa shape index (κ3) is 10.7. The molecule has 10 heteroatoms. The number of alkyl halides is 3. The van der Waals surface area contributed by atoms with E-state index in [2.05, 4.69) is 10.6 Å². The number of rotatable bonds is 9. The highest BCUT2D eigenvalue weighted by Crippen LogP contribution is 2.29. The molecule has 1 atom stereocenters. The predicted molar refractivity (Wildman–Crippen MR) is 67.6 cm³/mol. The average molecular weight is 318 g/mol. The van der Waals surface area contributed by atoms with E-state index in [1.54, 1.807) is 0 Å². The van der Waals surface area contributed by atoms with Crippen molar-refractivity contribution in [3.05, 3.63) is 0 Å². The molecule has 20 heavy (non-hydrogen) atoms. The largest absolute Gasteiger partial charge is 0.480 e. The molecule has 0 bridgehead atoms. The van der Waals surface area contributed by atoms with Crippen LogP contribution in [0.3, 0.4) is 0 Å². The van der Waals surface area contributed by atoms with Gasteiger partial charge in [0.15, 0.2) is 0 Å². The van der Waals surface area contributed by atoms with Gasteiger partial charge in [0.25, 0.3) is 0 Å². The van der Waals surface area contributed by atoms with Gasteiger partial charge in [0.05, 0.1) is 0 Å². The van der Waals surface area contributed by atoms with Crippen molar-refractivity contribution >= 4 is 23.8 Å². The topological polar surface area (TPSA) is 87.7 Å². The van der Waals surface area contributed by atoms with E-state index in [1.807, 2.05) is 0 Å². The van der Waals surface area contributed by atoms with E-state index in [-0.39, 0.29) is 30.5 Å². The molecule has 0 aliphatic rings. The van der Waals surface area contributed by atoms with Gasteiger partial charge >= 0.3 is 17.5 Å². The predicted octanol–water partition coefficient (Wildman–Crippen LogP) is 1.42. The fraction of sp³-hybridized carbons (Fsp3) is 0.800. The Kier molecular flexibility index (Phi) is 9.14. The number of methoxy groups -OCH3 is 1. The number of aliphatic carboxylic acids is 1. The summed E-state index contributed by atoms with van der Waals surface area (Å²) in [5, 5.41) is 13.2. The lowest BCUT2D eigenvalue weighted by atomic mass is 10.1. The van der Waals surface area contributed by atoms with Gasteiger partial charge in [-0.25, -0.2) is 9.59 Å². The Morgan fingerprint density at radius 2 is 2.05 bits per heavy atom. The minimum atomic E-state index is -4.35. The third-order valence-corrected chi connectivity index (χ3v) is 2.83. The van der Waals surface area contributed by atoms with E-state index in [0.29, 0.717) is 13.0 Å². The Morgan fingerprint density at radius 3 is 2.55 bits per heavy atom. The van der Waals surface area contributed by atoms with Crippen molar-refractivity contribution in [2.24, 2.45) is 0 Å². The number of amides is 2. The van der Waals surface area contributed by atoms with Crippen LogP contribution in [0.25, 0.3) is 0 Å². The molecule has 0 fully saturated rings. The van der Waals surface area contributed by atoms with Crippen LogP contribution in [-0.4, -0.2) is 54.7 Å². The Morgan fingerprint density at radius 1 is 1.40 bits per heavy atom. The highest BCUT2D eigenvalue weighted by atomic mass is 32.2. The minimum absolute atomic E-state index is 0.174. The van der Waals surface area contributed by atoms with Crippen LogP contribution in [0.1, 0.15) is 12.8 Å². The SMILES string of the molecule is COCCCC(NC(=O)NCCSC(F)(F)F)C(=O)O. The lowest BCUT2D eigenvalue weighted by molar-refractivity contribution is -0.139. The lowest BCUT2D eigenvalue weighted by Crippen LogP contribution is -2.46. The summed E-state index contributed by atoms with van der Waals surface area (Å²) in [6.45, 7) is 0.149. The maximum atomic E-state index is 11.8. The molecule has 1 unspecified atom stereocenters. The van der Waals surface area contributed by atoms with Gasteiger partial charge in [0.2, 0.25) is 0 Å². The molecule has 0 saturated heterocycles. The second-order valence-corrected chi connectivity index (χ2v) is 4.88. The number of carboxylic acids is 1. The lowest BCUT2D eigenvalue weighted by Gasteiger charge is -2.15. The first-order valence-electron chi connectivity index (χ1n) is 5.73. The highest BCUT2D eigenvalue weighted by molar-refractivity contribution is 8.00. The van der Waals surface area contributed by atoms with Crippen molar-refractivity contribution in [2.75, 3.05) is 26.0 Å². The number of thioether (sulfide) groups is 1. The van der Waals surface area contributed by atoms with Crippen molar-refractivity contribution in [1.29, 1.82) is 0 Å². The maximum absolute atomic E-state index is 11.8. The summed E-state index contributed by atoms with van der Waals surface area (Å²) in [6, 6.07) is -1.90. The molecular formula is C10H17F3N2O4S. The van der Waals surface area contributed by atoms with Crippen molar-refractivity contribution in [2.45, 2.75) is 24.4 Å². The summed E-state index contributed by atoms with van der Waals surface area (Å²) >= 11 is -0.258. The summed E-state index contributed by atoms with van der Waals surface area (Å²) in [6.07, 6.45) is 0.617. The van der Waals surface area contributed by atoms with Gasteiger partial charge in [-0.1, -0.05) is 0 Å². The Bertz CT molecular complexity index is 315. The molecule has 0 aromatic rings. The van der Waals surface area contributed by atoms with Gasteiger partial charge in [-0.2, -0.15) is 13.2 Å². The molecule has 0 heterocycles. The molecule has 0 radical (unpaired) electrons. The van der Waals surface area contributed by atoms with Crippen LogP contribution in [0.15, 0.2) is 0 Å². The van der Waals surface area contributed by atoms with Gasteiger partial charge in [0.1, 0.15) is 6.04 Å². The summed E-state index contributed by atoms with van der Waals surface area (Å²) in [5.41, 5.74) is -4.35. The van der Waals surface area contributed by atoms with Crippen LogP contribution in [0.4, 0.5) is 18.0 Å². The van der Waals surface area contributed by atoms with Crippen molar-refractivity contribution in [1.82, 2.24) is 10.6 Å². The zero-order chi connectivity index (χ0) is 15.6. The molecule has 6 nitrogen and oxygen atoms in total. The first-order chi connectivity index (χ1) is 9.26. The van der Waals surface area contributed by atoms with Crippen LogP contribution in [0.5, 0.6) is 0 Å². The van der Waals surface area contributed by atoms with Gasteiger partial charge in [-0.3, -0.25) is 0 Å². The average Bonchev–Trinajstić information content (AvgIpc) is 2.32. The number of hydrogen-bond donors (Lipinski definition) is 3. The van der Waals surface area contributed by atoms with Crippen LogP contribution in [0, 0.1) is 0 Å². The standard InChI is InChI=1S/C10H17F3N2O4S/c1-19-5-2-3-7(8(16)17)15-9(18)14-4-6-20-10(11,12)13/h7H,2-6H2,1H3,(H,16,17)(H2,14,15,18). The number of carboxylic acid groups (broad SMARTS) is 1. The van der Waals surface area contributed by atoms with E-state index >= 15 is 0 Å². The van der Waals surface area contributed by atoms with Gasteiger partial charge in [-0.15, -0.1) is 0 Å². The fourth-order valence-corrected chi connectivity index (χ4v) is 1.67. The second-order valence-electron chi connectivity index (χ2n) is 3.72. The van der Waals surface area contributed by atoms with E-state index in [9.17, 15) is 22.8 Å². The quantitative estimate of drug-likeness (QED) is 0.560. The van der Waals surface area contributed by atoms with Crippen LogP contribution < -0.4 is 10.6 Å². The maximum Gasteiger partial charge on any atom is 0.441 e. The van der Waals surface area contributed by atoms with Crippen molar-refractivity contribution in [3.8, 4) is 0 Å². The highest BCUT2D eigenvalue weighted by Gasteiger charge is 2.27. The molecule has 2 amide bonds. The molecule has 0 aliphatic heterocycles. The molecule has 0 spiro atoms. The monoisotopic (exact) mass is 318 g/mol. The van der Waals surface area contributed by atoms with Gasteiger partial charge in [-0.05, 0) is 24.6 Å². The third-order valence-electron chi connectivity index (χ3n) is 2.10. The molecule has 3 N–H and O–H groups in total. The summed E-state index contributed by atoms with van der Waals surface area (Å²) < 4.78 is 40.2. The van der Waals surface area contributed by atoms with Crippen molar-refractivity contribution in [3.63, 3.8) is 0 Å². The molecule has 0 aliphatic carbocycles. The number of ether oxygens (including phenoxy) is 1. The first kappa shape index (κ1) is 18.8. The number of hydrogen-bond acceptors (Lipinski definition) is 4. The number of nitrogens with one attached hydrogen (secondary N) is 2. The Hall–Kier alpha value is -1.16. The molecular weight excluding hydrogens is 301 g/mol. The molecule has 118 valence electrons. The summed E-state index contributed by atoms with van der Waals surface area (Å²) in [5.74, 6) is -1.54. The molecule has 0 saturated carbocycles. The van der Waals surface area contributed by atoms with E-state index in [4.69, 9.17) is 9.84 Å². The Balaban J connectivity index is 3.92. The van der Waals surface area contributed by atoms with Gasteiger partial charge in [0, 0.05) is 26.0 Å². The second kappa shape index (κ2) is 9.70. The Labute approximate surface area is 118 Å². The fourth-order valence-electron chi connectivity index (χ4n) is 1.23. The van der Waals surface area contributed by atoms with E-state index in [0.717, 1.165) is 0 Å². The van der Waals surface area contributed by atoms with Crippen LogP contribution in [-0.2, 0) is 9.53 Å². The zero-order valence-electron chi connectivity index (χ0n) is 10.8. The molecule has 0 aromatic carbocycles. The van der Waals surface area contributed by atoms with Crippen molar-refractivity contribution < 1.29 is 32.6 Å². The molecule has 0 aromatic heterocycles. The van der Waals surface area contributed by atoms with E-state index < -0.39 is 23.6 Å². The number of carbonyl (C=O) groups excluding carboxylic acids is 1. The number of halogens is 3. The first-order valence-corrected chi connectivity index (χ1v) is 6.71. The molecule has 0 rings (SSSR count). The van der Waals surface area contributed by atoms with Crippen LogP contribution in [0.2, 0.25) is 0 Å². The zero-order valence-corrected chi connectivity index (χ0v) is 11.6. The van der Waals surface area contributed by atoms with E-state index in [1.165, 1.54) is 7.11 Å². The summed E-state index contributed by atoms with van der Waals surface area (Å²) in [7, 11) is 1.47. The minimum Gasteiger partial charge on any atom is -0.480 e. The normalized spacial score (nSPS) is 12.8. The number of carbonyl (C=O) groups is 2. The smallest absolute Gasteiger partial charge is 0.441 e.